The fourth-order valence-corrected chi connectivity index (χ4v) is 3.76. The second-order valence-electron chi connectivity index (χ2n) is 7.77. The van der Waals surface area contributed by atoms with Gasteiger partial charge in [0.05, 0.1) is 23.8 Å². The molecule has 4 rings (SSSR count). The van der Waals surface area contributed by atoms with Crippen molar-refractivity contribution in [1.29, 1.82) is 0 Å². The number of rotatable bonds is 8. The van der Waals surface area contributed by atoms with E-state index in [1.165, 1.54) is 29.0 Å². The van der Waals surface area contributed by atoms with Gasteiger partial charge in [0.1, 0.15) is 5.82 Å². The summed E-state index contributed by atoms with van der Waals surface area (Å²) in [5.41, 5.74) is 0.582. The zero-order valence-electron chi connectivity index (χ0n) is 18.4. The second-order valence-corrected chi connectivity index (χ2v) is 7.77. The van der Waals surface area contributed by atoms with E-state index in [0.717, 1.165) is 11.8 Å². The molecular formula is C25H21FN4O5. The molecule has 3 N–H and O–H groups in total. The fourth-order valence-electron chi connectivity index (χ4n) is 3.76. The minimum absolute atomic E-state index is 0.0612. The van der Waals surface area contributed by atoms with Gasteiger partial charge in [0.15, 0.2) is 11.4 Å². The Morgan fingerprint density at radius 1 is 1.09 bits per heavy atom. The van der Waals surface area contributed by atoms with Gasteiger partial charge in [0.2, 0.25) is 0 Å². The molecule has 3 heterocycles. The molecule has 0 aliphatic heterocycles. The molecule has 0 aliphatic carbocycles. The van der Waals surface area contributed by atoms with Gasteiger partial charge in [-0.25, -0.2) is 9.37 Å². The number of pyridine rings is 3. The third-order valence-corrected chi connectivity index (χ3v) is 5.40. The Hall–Kier alpha value is -4.60. The first-order valence-corrected chi connectivity index (χ1v) is 10.8. The van der Waals surface area contributed by atoms with Gasteiger partial charge in [-0.3, -0.25) is 19.4 Å². The van der Waals surface area contributed by atoms with Crippen LogP contribution in [0.5, 0.6) is 5.75 Å². The lowest BCUT2D eigenvalue weighted by Gasteiger charge is -2.16. The molecule has 10 heteroatoms. The van der Waals surface area contributed by atoms with Crippen molar-refractivity contribution in [2.75, 3.05) is 6.54 Å². The number of nitrogens with zero attached hydrogens (tertiary/aromatic N) is 3. The van der Waals surface area contributed by atoms with Crippen LogP contribution in [0, 0.1) is 5.82 Å². The van der Waals surface area contributed by atoms with E-state index in [2.05, 4.69) is 15.3 Å². The highest BCUT2D eigenvalue weighted by molar-refractivity contribution is 6.04. The van der Waals surface area contributed by atoms with Crippen LogP contribution in [-0.4, -0.2) is 43.2 Å². The second kappa shape index (κ2) is 10.1. The lowest BCUT2D eigenvalue weighted by molar-refractivity contribution is -0.136. The average molecular weight is 476 g/mol. The number of nitrogens with one attached hydrogen (secondary N) is 1. The maximum atomic E-state index is 14.0. The zero-order valence-corrected chi connectivity index (χ0v) is 18.4. The number of benzene rings is 1. The SMILES string of the molecule is O=C(O)CCNC(=O)c1nc(-c2cncc(F)c2)c2ccc(=O)n(CCc3ccccc3)c2c1O. The predicted molar refractivity (Wildman–Crippen MR) is 126 cm³/mol. The Kier molecular flexibility index (Phi) is 6.81. The van der Waals surface area contributed by atoms with E-state index in [4.69, 9.17) is 5.11 Å². The van der Waals surface area contributed by atoms with Crippen LogP contribution in [-0.2, 0) is 17.8 Å². The molecule has 0 saturated heterocycles. The first-order valence-electron chi connectivity index (χ1n) is 10.8. The number of aromatic hydroxyl groups is 1. The van der Waals surface area contributed by atoms with Crippen molar-refractivity contribution in [2.45, 2.75) is 19.4 Å². The van der Waals surface area contributed by atoms with E-state index in [9.17, 15) is 23.9 Å². The average Bonchev–Trinajstić information content (AvgIpc) is 2.84. The zero-order chi connectivity index (χ0) is 24.9. The highest BCUT2D eigenvalue weighted by Crippen LogP contribution is 2.34. The molecule has 1 amide bonds. The van der Waals surface area contributed by atoms with E-state index in [1.807, 2.05) is 30.3 Å². The van der Waals surface area contributed by atoms with Crippen molar-refractivity contribution in [3.8, 4) is 17.0 Å². The number of hydrogen-bond acceptors (Lipinski definition) is 6. The smallest absolute Gasteiger partial charge is 0.305 e. The first-order chi connectivity index (χ1) is 16.8. The number of carboxylic acid groups (broad SMARTS) is 1. The molecule has 0 radical (unpaired) electrons. The van der Waals surface area contributed by atoms with Crippen LogP contribution in [0.3, 0.4) is 0 Å². The third-order valence-electron chi connectivity index (χ3n) is 5.40. The maximum Gasteiger partial charge on any atom is 0.305 e. The summed E-state index contributed by atoms with van der Waals surface area (Å²) >= 11 is 0. The summed E-state index contributed by atoms with van der Waals surface area (Å²) in [6, 6.07) is 13.4. The Morgan fingerprint density at radius 2 is 1.86 bits per heavy atom. The molecule has 3 aromatic heterocycles. The summed E-state index contributed by atoms with van der Waals surface area (Å²) in [5.74, 6) is -3.11. The summed E-state index contributed by atoms with van der Waals surface area (Å²) in [6.07, 6.45) is 2.51. The first kappa shape index (κ1) is 23.6. The summed E-state index contributed by atoms with van der Waals surface area (Å²) < 4.78 is 15.3. The van der Waals surface area contributed by atoms with Gasteiger partial charge in [-0.2, -0.15) is 0 Å². The molecule has 0 unspecified atom stereocenters. The van der Waals surface area contributed by atoms with Gasteiger partial charge in [-0.15, -0.1) is 0 Å². The minimum Gasteiger partial charge on any atom is -0.504 e. The van der Waals surface area contributed by atoms with Crippen LogP contribution in [0.25, 0.3) is 22.2 Å². The molecule has 35 heavy (non-hydrogen) atoms. The molecule has 4 aromatic rings. The number of amides is 1. The molecule has 1 aromatic carbocycles. The molecule has 0 saturated carbocycles. The van der Waals surface area contributed by atoms with Gasteiger partial charge in [0, 0.05) is 36.3 Å². The van der Waals surface area contributed by atoms with Gasteiger partial charge in [-0.05, 0) is 24.1 Å². The van der Waals surface area contributed by atoms with Gasteiger partial charge in [-0.1, -0.05) is 30.3 Å². The highest BCUT2D eigenvalue weighted by atomic mass is 19.1. The predicted octanol–water partition coefficient (Wildman–Crippen LogP) is 2.75. The van der Waals surface area contributed by atoms with E-state index in [1.54, 1.807) is 0 Å². The number of hydrogen-bond donors (Lipinski definition) is 3. The quantitative estimate of drug-likeness (QED) is 0.356. The molecule has 0 fully saturated rings. The summed E-state index contributed by atoms with van der Waals surface area (Å²) in [6.45, 7) is -0.00153. The van der Waals surface area contributed by atoms with Crippen LogP contribution in [0.1, 0.15) is 22.5 Å². The maximum absolute atomic E-state index is 14.0. The van der Waals surface area contributed by atoms with Gasteiger partial charge < -0.3 is 20.1 Å². The van der Waals surface area contributed by atoms with Crippen LogP contribution in [0.15, 0.2) is 65.7 Å². The molecular weight excluding hydrogens is 455 g/mol. The topological polar surface area (TPSA) is 134 Å². The summed E-state index contributed by atoms with van der Waals surface area (Å²) in [5, 5.41) is 22.6. The molecule has 0 aliphatic rings. The van der Waals surface area contributed by atoms with E-state index in [-0.39, 0.29) is 36.3 Å². The third kappa shape index (κ3) is 5.16. The number of halogens is 1. The molecule has 178 valence electrons. The number of carbonyl (C=O) groups is 2. The lowest BCUT2D eigenvalue weighted by atomic mass is 10.1. The Bertz CT molecular complexity index is 1470. The van der Waals surface area contributed by atoms with Crippen LogP contribution in [0.4, 0.5) is 4.39 Å². The minimum atomic E-state index is -1.11. The number of aromatic nitrogens is 3. The molecule has 9 nitrogen and oxygen atoms in total. The van der Waals surface area contributed by atoms with E-state index in [0.29, 0.717) is 11.8 Å². The molecule has 0 atom stereocenters. The van der Waals surface area contributed by atoms with E-state index >= 15 is 0 Å². The highest BCUT2D eigenvalue weighted by Gasteiger charge is 2.23. The largest absolute Gasteiger partial charge is 0.504 e. The lowest BCUT2D eigenvalue weighted by Crippen LogP contribution is -2.28. The standard InChI is InChI=1S/C25H21FN4O5/c26-17-12-16(13-27-14-17)21-18-6-7-19(31)30(11-9-15-4-2-1-3-5-15)23(18)24(34)22(29-21)25(35)28-10-8-20(32)33/h1-7,12-14,34H,8-11H2,(H,28,35)(H,32,33). The molecule has 0 spiro atoms. The van der Waals surface area contributed by atoms with Crippen LogP contribution < -0.4 is 10.9 Å². The Labute approximate surface area is 198 Å². The van der Waals surface area contributed by atoms with Crippen LogP contribution >= 0.6 is 0 Å². The van der Waals surface area contributed by atoms with Gasteiger partial charge >= 0.3 is 5.97 Å². The van der Waals surface area contributed by atoms with Crippen molar-refractivity contribution in [1.82, 2.24) is 19.9 Å². The number of aliphatic carboxylic acids is 1. The normalized spacial score (nSPS) is 10.9. The number of aryl methyl sites for hydroxylation is 2. The van der Waals surface area contributed by atoms with Gasteiger partial charge in [0.25, 0.3) is 11.5 Å². The number of carboxylic acids is 1. The van der Waals surface area contributed by atoms with Crippen molar-refractivity contribution in [3.05, 3.63) is 88.4 Å². The Morgan fingerprint density at radius 3 is 2.57 bits per heavy atom. The van der Waals surface area contributed by atoms with Crippen molar-refractivity contribution >= 4 is 22.8 Å². The number of fused-ring (bicyclic) bond motifs is 1. The Balaban J connectivity index is 1.89. The van der Waals surface area contributed by atoms with Crippen molar-refractivity contribution in [2.24, 2.45) is 0 Å². The van der Waals surface area contributed by atoms with Crippen LogP contribution in [0.2, 0.25) is 0 Å². The van der Waals surface area contributed by atoms with E-state index < -0.39 is 34.7 Å². The monoisotopic (exact) mass is 476 g/mol. The van der Waals surface area contributed by atoms with Crippen molar-refractivity contribution in [3.63, 3.8) is 0 Å². The van der Waals surface area contributed by atoms with Crippen molar-refractivity contribution < 1.29 is 24.2 Å². The molecule has 0 bridgehead atoms. The fraction of sp³-hybridized carbons (Fsp3) is 0.160. The summed E-state index contributed by atoms with van der Waals surface area (Å²) in [4.78, 5) is 44.6. The number of carbonyl (C=O) groups excluding carboxylic acids is 1. The summed E-state index contributed by atoms with van der Waals surface area (Å²) in [7, 11) is 0.